The summed E-state index contributed by atoms with van der Waals surface area (Å²) >= 11 is 0. The Kier molecular flexibility index (Phi) is 9.58. The topological polar surface area (TPSA) is 105 Å². The molecule has 0 spiro atoms. The van der Waals surface area contributed by atoms with Crippen LogP contribution in [0, 0.1) is 13.8 Å². The third kappa shape index (κ3) is 6.69. The summed E-state index contributed by atoms with van der Waals surface area (Å²) in [5.41, 5.74) is 3.05. The number of amides is 2. The number of sulfonamides is 1. The lowest BCUT2D eigenvalue weighted by Gasteiger charge is -2.32. The first-order valence-electron chi connectivity index (χ1n) is 12.4. The van der Waals surface area contributed by atoms with E-state index >= 15 is 0 Å². The van der Waals surface area contributed by atoms with Crippen LogP contribution in [0.3, 0.4) is 0 Å². The lowest BCUT2D eigenvalue weighted by Crippen LogP contribution is -2.50. The van der Waals surface area contributed by atoms with E-state index in [0.717, 1.165) is 21.0 Å². The number of nitrogens with one attached hydrogen (secondary N) is 1. The molecule has 3 aromatic rings. The minimum absolute atomic E-state index is 0.0710. The van der Waals surface area contributed by atoms with Gasteiger partial charge < -0.3 is 19.7 Å². The fraction of sp³-hybridized carbons (Fsp3) is 0.310. The highest BCUT2D eigenvalue weighted by Crippen LogP contribution is 2.32. The molecule has 2 amide bonds. The molecule has 9 nitrogen and oxygen atoms in total. The lowest BCUT2D eigenvalue weighted by molar-refractivity contribution is -0.139. The molecule has 0 radical (unpaired) electrons. The van der Waals surface area contributed by atoms with Crippen molar-refractivity contribution in [1.29, 1.82) is 0 Å². The number of hydrogen-bond acceptors (Lipinski definition) is 6. The molecule has 10 heteroatoms. The van der Waals surface area contributed by atoms with E-state index in [9.17, 15) is 18.0 Å². The number of ether oxygens (including phenoxy) is 2. The van der Waals surface area contributed by atoms with Crippen LogP contribution in [0.5, 0.6) is 11.5 Å². The van der Waals surface area contributed by atoms with Crippen molar-refractivity contribution in [3.8, 4) is 11.5 Å². The molecule has 3 rings (SSSR count). The zero-order valence-electron chi connectivity index (χ0n) is 23.1. The predicted octanol–water partition coefficient (Wildman–Crippen LogP) is 3.68. The van der Waals surface area contributed by atoms with Crippen molar-refractivity contribution in [2.24, 2.45) is 0 Å². The zero-order valence-corrected chi connectivity index (χ0v) is 23.9. The van der Waals surface area contributed by atoms with E-state index in [2.05, 4.69) is 5.32 Å². The molecule has 1 atom stereocenters. The molecule has 1 unspecified atom stereocenters. The second-order valence-electron chi connectivity index (χ2n) is 9.10. The van der Waals surface area contributed by atoms with Crippen molar-refractivity contribution >= 4 is 27.5 Å². The molecule has 0 aliphatic heterocycles. The Hall–Kier alpha value is -4.05. The third-order valence-corrected chi connectivity index (χ3v) is 8.33. The van der Waals surface area contributed by atoms with Crippen molar-refractivity contribution in [3.63, 3.8) is 0 Å². The van der Waals surface area contributed by atoms with Crippen LogP contribution in [0.4, 0.5) is 5.69 Å². The van der Waals surface area contributed by atoms with Crippen LogP contribution < -0.4 is 19.1 Å². The van der Waals surface area contributed by atoms with Crippen LogP contribution in [0.15, 0.2) is 71.6 Å². The number of nitrogens with zero attached hydrogens (tertiary/aromatic N) is 2. The maximum absolute atomic E-state index is 14.0. The van der Waals surface area contributed by atoms with Gasteiger partial charge in [-0.05, 0) is 56.2 Å². The molecule has 39 heavy (non-hydrogen) atoms. The lowest BCUT2D eigenvalue weighted by atomic mass is 10.1. The predicted molar refractivity (Wildman–Crippen MR) is 151 cm³/mol. The summed E-state index contributed by atoms with van der Waals surface area (Å²) in [7, 11) is 0.134. The Labute approximate surface area is 230 Å². The van der Waals surface area contributed by atoms with Crippen molar-refractivity contribution in [1.82, 2.24) is 10.2 Å². The highest BCUT2D eigenvalue weighted by atomic mass is 32.2. The molecular formula is C29H35N3O6S. The van der Waals surface area contributed by atoms with Gasteiger partial charge in [0.1, 0.15) is 12.6 Å². The van der Waals surface area contributed by atoms with E-state index in [4.69, 9.17) is 9.47 Å². The van der Waals surface area contributed by atoms with E-state index < -0.39 is 28.5 Å². The number of carbonyl (C=O) groups excluding carboxylic acids is 2. The normalized spacial score (nSPS) is 11.8. The van der Waals surface area contributed by atoms with Gasteiger partial charge >= 0.3 is 0 Å². The van der Waals surface area contributed by atoms with Crippen molar-refractivity contribution in [2.45, 2.75) is 38.3 Å². The van der Waals surface area contributed by atoms with Gasteiger partial charge in [0, 0.05) is 19.7 Å². The number of methoxy groups -OCH3 is 2. The fourth-order valence-electron chi connectivity index (χ4n) is 4.11. The summed E-state index contributed by atoms with van der Waals surface area (Å²) in [4.78, 5) is 27.8. The summed E-state index contributed by atoms with van der Waals surface area (Å²) in [6, 6.07) is 17.8. The van der Waals surface area contributed by atoms with Crippen molar-refractivity contribution in [3.05, 3.63) is 83.4 Å². The highest BCUT2D eigenvalue weighted by molar-refractivity contribution is 7.92. The number of aryl methyl sites for hydroxylation is 2. The van der Waals surface area contributed by atoms with Crippen LogP contribution in [0.25, 0.3) is 0 Å². The minimum Gasteiger partial charge on any atom is -0.493 e. The first-order chi connectivity index (χ1) is 18.5. The summed E-state index contributed by atoms with van der Waals surface area (Å²) in [5.74, 6) is -0.276. The molecule has 0 bridgehead atoms. The van der Waals surface area contributed by atoms with Crippen LogP contribution in [0.2, 0.25) is 0 Å². The van der Waals surface area contributed by atoms with Gasteiger partial charge in [-0.2, -0.15) is 0 Å². The molecule has 0 saturated heterocycles. The Bertz CT molecular complexity index is 1420. The largest absolute Gasteiger partial charge is 0.493 e. The van der Waals surface area contributed by atoms with Gasteiger partial charge in [0.05, 0.1) is 24.8 Å². The molecule has 0 aromatic heterocycles. The maximum Gasteiger partial charge on any atom is 0.264 e. The third-order valence-electron chi connectivity index (χ3n) is 6.56. The van der Waals surface area contributed by atoms with E-state index in [0.29, 0.717) is 11.4 Å². The summed E-state index contributed by atoms with van der Waals surface area (Å²) in [6.45, 7) is 5.04. The van der Waals surface area contributed by atoms with Crippen molar-refractivity contribution < 1.29 is 27.5 Å². The molecule has 0 aliphatic carbocycles. The number of anilines is 1. The summed E-state index contributed by atoms with van der Waals surface area (Å²) < 4.78 is 39.6. The number of carbonyl (C=O) groups is 2. The Balaban J connectivity index is 2.08. The average molecular weight is 554 g/mol. The Morgan fingerprint density at radius 1 is 0.923 bits per heavy atom. The van der Waals surface area contributed by atoms with E-state index in [1.54, 1.807) is 31.2 Å². The van der Waals surface area contributed by atoms with Gasteiger partial charge in [0.2, 0.25) is 11.8 Å². The summed E-state index contributed by atoms with van der Waals surface area (Å²) in [5, 5.41) is 2.58. The van der Waals surface area contributed by atoms with E-state index in [1.807, 2.05) is 38.1 Å². The van der Waals surface area contributed by atoms with Gasteiger partial charge in [-0.25, -0.2) is 8.42 Å². The van der Waals surface area contributed by atoms with Gasteiger partial charge in [-0.1, -0.05) is 42.0 Å². The number of likely N-dealkylation sites (N-methyl/N-ethyl adjacent to an activating group) is 1. The summed E-state index contributed by atoms with van der Waals surface area (Å²) in [6.07, 6.45) is 0. The molecule has 0 aliphatic rings. The molecule has 0 heterocycles. The standard InChI is InChI=1S/C29H35N3O6S/c1-20-11-13-24(14-12-20)32(39(35,36)25-15-16-26(37-5)27(17-25)38-6)19-28(33)31(22(3)29(34)30-4)18-23-10-8-7-9-21(23)2/h7-17,22H,18-19H2,1-6H3,(H,30,34). The molecule has 208 valence electrons. The van der Waals surface area contributed by atoms with Crippen LogP contribution >= 0.6 is 0 Å². The van der Waals surface area contributed by atoms with Crippen LogP contribution in [-0.2, 0) is 26.2 Å². The highest BCUT2D eigenvalue weighted by Gasteiger charge is 2.33. The average Bonchev–Trinajstić information content (AvgIpc) is 2.94. The molecule has 0 saturated carbocycles. The first-order valence-corrected chi connectivity index (χ1v) is 13.8. The molecule has 1 N–H and O–H groups in total. The van der Waals surface area contributed by atoms with E-state index in [1.165, 1.54) is 44.4 Å². The zero-order chi connectivity index (χ0) is 28.7. The molecule has 0 fully saturated rings. The minimum atomic E-state index is -4.24. The van der Waals surface area contributed by atoms with Gasteiger partial charge in [0.25, 0.3) is 10.0 Å². The quantitative estimate of drug-likeness (QED) is 0.389. The second kappa shape index (κ2) is 12.7. The molecule has 3 aromatic carbocycles. The number of benzene rings is 3. The van der Waals surface area contributed by atoms with Gasteiger partial charge in [-0.3, -0.25) is 13.9 Å². The van der Waals surface area contributed by atoms with Gasteiger partial charge in [-0.15, -0.1) is 0 Å². The SMILES string of the molecule is CNC(=O)C(C)N(Cc1ccccc1C)C(=O)CN(c1ccc(C)cc1)S(=O)(=O)c1ccc(OC)c(OC)c1. The second-order valence-corrected chi connectivity index (χ2v) is 11.0. The van der Waals surface area contributed by atoms with Crippen molar-refractivity contribution in [2.75, 3.05) is 32.1 Å². The number of hydrogen-bond donors (Lipinski definition) is 1. The smallest absolute Gasteiger partial charge is 0.264 e. The first kappa shape index (κ1) is 29.5. The Morgan fingerprint density at radius 2 is 1.56 bits per heavy atom. The van der Waals surface area contributed by atoms with Crippen LogP contribution in [-0.4, -0.2) is 59.0 Å². The number of rotatable bonds is 11. The Morgan fingerprint density at radius 3 is 2.15 bits per heavy atom. The maximum atomic E-state index is 14.0. The van der Waals surface area contributed by atoms with Gasteiger partial charge in [0.15, 0.2) is 11.5 Å². The monoisotopic (exact) mass is 553 g/mol. The van der Waals surface area contributed by atoms with Crippen LogP contribution in [0.1, 0.15) is 23.6 Å². The molecular weight excluding hydrogens is 518 g/mol. The fourth-order valence-corrected chi connectivity index (χ4v) is 5.54. The van der Waals surface area contributed by atoms with E-state index in [-0.39, 0.29) is 23.1 Å².